The third kappa shape index (κ3) is 3.30. The van der Waals surface area contributed by atoms with Gasteiger partial charge in [-0.3, -0.25) is 9.36 Å². The fourth-order valence-electron chi connectivity index (χ4n) is 1.75. The van der Waals surface area contributed by atoms with Crippen molar-refractivity contribution in [2.45, 2.75) is 13.5 Å². The van der Waals surface area contributed by atoms with Crippen LogP contribution in [-0.2, 0) is 6.54 Å². The van der Waals surface area contributed by atoms with E-state index >= 15 is 0 Å². The minimum absolute atomic E-state index is 0.0610. The Bertz CT molecular complexity index is 692. The summed E-state index contributed by atoms with van der Waals surface area (Å²) >= 11 is 0. The van der Waals surface area contributed by atoms with Crippen molar-refractivity contribution in [1.82, 2.24) is 9.55 Å². The molecular weight excluding hydrogens is 238 g/mol. The Kier molecular flexibility index (Phi) is 4.11. The van der Waals surface area contributed by atoms with Crippen molar-refractivity contribution in [3.05, 3.63) is 63.8 Å². The second-order valence-electron chi connectivity index (χ2n) is 4.16. The SMILES string of the molecule is Cc1cc(=O)n(Cc2ccccc2C#CCN)cn1. The minimum atomic E-state index is -0.0610. The fourth-order valence-corrected chi connectivity index (χ4v) is 1.75. The quantitative estimate of drug-likeness (QED) is 0.809. The molecule has 0 bridgehead atoms. The van der Waals surface area contributed by atoms with Crippen molar-refractivity contribution >= 4 is 0 Å². The Morgan fingerprint density at radius 2 is 2.16 bits per heavy atom. The van der Waals surface area contributed by atoms with Gasteiger partial charge in [-0.1, -0.05) is 30.0 Å². The van der Waals surface area contributed by atoms with E-state index in [1.165, 1.54) is 6.07 Å². The van der Waals surface area contributed by atoms with Gasteiger partial charge in [-0.2, -0.15) is 0 Å². The maximum atomic E-state index is 11.8. The number of rotatable bonds is 2. The molecule has 96 valence electrons. The van der Waals surface area contributed by atoms with Crippen molar-refractivity contribution in [2.24, 2.45) is 5.73 Å². The monoisotopic (exact) mass is 253 g/mol. The molecule has 0 saturated heterocycles. The molecule has 0 unspecified atom stereocenters. The molecule has 1 heterocycles. The third-order valence-electron chi connectivity index (χ3n) is 2.70. The molecule has 4 heteroatoms. The van der Waals surface area contributed by atoms with Gasteiger partial charge in [0, 0.05) is 17.3 Å². The first kappa shape index (κ1) is 13.1. The number of hydrogen-bond donors (Lipinski definition) is 1. The molecule has 0 amide bonds. The summed E-state index contributed by atoms with van der Waals surface area (Å²) in [5.74, 6) is 5.84. The lowest BCUT2D eigenvalue weighted by Crippen LogP contribution is -2.20. The van der Waals surface area contributed by atoms with Gasteiger partial charge in [-0.25, -0.2) is 4.98 Å². The van der Waals surface area contributed by atoms with Gasteiger partial charge >= 0.3 is 0 Å². The summed E-state index contributed by atoms with van der Waals surface area (Å²) < 4.78 is 1.57. The molecule has 19 heavy (non-hydrogen) atoms. The molecule has 1 aromatic carbocycles. The second-order valence-corrected chi connectivity index (χ2v) is 4.16. The lowest BCUT2D eigenvalue weighted by Gasteiger charge is -2.07. The molecule has 2 rings (SSSR count). The molecule has 0 aliphatic carbocycles. The highest BCUT2D eigenvalue weighted by Crippen LogP contribution is 2.08. The summed E-state index contributed by atoms with van der Waals surface area (Å²) in [5, 5.41) is 0. The Morgan fingerprint density at radius 1 is 1.37 bits per heavy atom. The Balaban J connectivity index is 2.35. The maximum absolute atomic E-state index is 11.8. The van der Waals surface area contributed by atoms with E-state index in [1.807, 2.05) is 24.3 Å². The van der Waals surface area contributed by atoms with E-state index in [9.17, 15) is 4.79 Å². The molecule has 0 fully saturated rings. The van der Waals surface area contributed by atoms with Gasteiger partial charge < -0.3 is 5.73 Å². The van der Waals surface area contributed by atoms with Crippen LogP contribution in [0.2, 0.25) is 0 Å². The van der Waals surface area contributed by atoms with E-state index in [0.717, 1.165) is 16.8 Å². The summed E-state index contributed by atoms with van der Waals surface area (Å²) in [6.07, 6.45) is 1.56. The first-order valence-electron chi connectivity index (χ1n) is 6.00. The zero-order valence-corrected chi connectivity index (χ0v) is 10.8. The topological polar surface area (TPSA) is 60.9 Å². The predicted octanol–water partition coefficient (Wildman–Crippen LogP) is 0.910. The van der Waals surface area contributed by atoms with E-state index in [2.05, 4.69) is 16.8 Å². The van der Waals surface area contributed by atoms with E-state index in [4.69, 9.17) is 5.73 Å². The van der Waals surface area contributed by atoms with Crippen LogP contribution in [0.25, 0.3) is 0 Å². The third-order valence-corrected chi connectivity index (χ3v) is 2.70. The maximum Gasteiger partial charge on any atom is 0.253 e. The second kappa shape index (κ2) is 5.98. The highest BCUT2D eigenvalue weighted by atomic mass is 16.1. The highest BCUT2D eigenvalue weighted by molar-refractivity contribution is 5.41. The van der Waals surface area contributed by atoms with Crippen LogP contribution in [-0.4, -0.2) is 16.1 Å². The summed E-state index contributed by atoms with van der Waals surface area (Å²) in [6.45, 7) is 2.58. The Labute approximate surface area is 111 Å². The zero-order valence-electron chi connectivity index (χ0n) is 10.8. The molecular formula is C15H15N3O. The molecule has 1 aromatic heterocycles. The highest BCUT2D eigenvalue weighted by Gasteiger charge is 2.02. The Morgan fingerprint density at radius 3 is 2.89 bits per heavy atom. The van der Waals surface area contributed by atoms with Crippen molar-refractivity contribution < 1.29 is 0 Å². The smallest absolute Gasteiger partial charge is 0.253 e. The van der Waals surface area contributed by atoms with Gasteiger partial charge in [0.25, 0.3) is 5.56 Å². The van der Waals surface area contributed by atoms with Gasteiger partial charge in [0.05, 0.1) is 19.4 Å². The first-order valence-corrected chi connectivity index (χ1v) is 6.00. The summed E-state index contributed by atoms with van der Waals surface area (Å²) in [5.41, 5.74) is 7.91. The lowest BCUT2D eigenvalue weighted by molar-refractivity contribution is 0.729. The van der Waals surface area contributed by atoms with E-state index in [1.54, 1.807) is 17.8 Å². The van der Waals surface area contributed by atoms with Crippen LogP contribution in [0, 0.1) is 18.8 Å². The number of nitrogens with zero attached hydrogens (tertiary/aromatic N) is 2. The first-order chi connectivity index (χ1) is 9.20. The summed E-state index contributed by atoms with van der Waals surface area (Å²) in [7, 11) is 0. The molecule has 2 N–H and O–H groups in total. The molecule has 0 spiro atoms. The Hall–Kier alpha value is -2.38. The number of aryl methyl sites for hydroxylation is 1. The van der Waals surface area contributed by atoms with Crippen LogP contribution in [0.3, 0.4) is 0 Å². The van der Waals surface area contributed by atoms with Gasteiger partial charge in [0.1, 0.15) is 0 Å². The largest absolute Gasteiger partial charge is 0.320 e. The van der Waals surface area contributed by atoms with Crippen molar-refractivity contribution in [3.63, 3.8) is 0 Å². The molecule has 0 saturated carbocycles. The van der Waals surface area contributed by atoms with E-state index < -0.39 is 0 Å². The normalized spacial score (nSPS) is 9.79. The molecule has 0 aliphatic heterocycles. The lowest BCUT2D eigenvalue weighted by atomic mass is 10.1. The fraction of sp³-hybridized carbons (Fsp3) is 0.200. The van der Waals surface area contributed by atoms with Crippen LogP contribution in [0.5, 0.6) is 0 Å². The summed E-state index contributed by atoms with van der Waals surface area (Å²) in [4.78, 5) is 16.0. The number of aromatic nitrogens is 2. The number of hydrogen-bond acceptors (Lipinski definition) is 3. The van der Waals surface area contributed by atoms with Crippen LogP contribution >= 0.6 is 0 Å². The van der Waals surface area contributed by atoms with Crippen molar-refractivity contribution in [1.29, 1.82) is 0 Å². The minimum Gasteiger partial charge on any atom is -0.320 e. The van der Waals surface area contributed by atoms with Crippen LogP contribution in [0.4, 0.5) is 0 Å². The van der Waals surface area contributed by atoms with Crippen LogP contribution in [0.15, 0.2) is 41.5 Å². The van der Waals surface area contributed by atoms with E-state index in [-0.39, 0.29) is 5.56 Å². The van der Waals surface area contributed by atoms with Gasteiger partial charge in [-0.05, 0) is 18.6 Å². The molecule has 2 aromatic rings. The summed E-state index contributed by atoms with van der Waals surface area (Å²) in [6, 6.07) is 9.24. The number of benzene rings is 1. The molecule has 0 aliphatic rings. The average molecular weight is 253 g/mol. The zero-order chi connectivity index (χ0) is 13.7. The molecule has 4 nitrogen and oxygen atoms in total. The number of nitrogens with two attached hydrogens (primary N) is 1. The average Bonchev–Trinajstić information content (AvgIpc) is 2.41. The molecule has 0 atom stereocenters. The predicted molar refractivity (Wildman–Crippen MR) is 74.7 cm³/mol. The van der Waals surface area contributed by atoms with Crippen molar-refractivity contribution in [2.75, 3.05) is 6.54 Å². The van der Waals surface area contributed by atoms with Gasteiger partial charge in [0.15, 0.2) is 0 Å². The van der Waals surface area contributed by atoms with Crippen molar-refractivity contribution in [3.8, 4) is 11.8 Å². The van der Waals surface area contributed by atoms with Gasteiger partial charge in [-0.15, -0.1) is 0 Å². The van der Waals surface area contributed by atoms with Crippen LogP contribution in [0.1, 0.15) is 16.8 Å². The molecule has 0 radical (unpaired) electrons. The van der Waals surface area contributed by atoms with Gasteiger partial charge in [0.2, 0.25) is 0 Å². The van der Waals surface area contributed by atoms with E-state index in [0.29, 0.717) is 13.1 Å². The standard InChI is InChI=1S/C15H15N3O/c1-12-9-15(19)18(11-17-12)10-14-6-3-2-5-13(14)7-4-8-16/h2-3,5-6,9,11H,8,10,16H2,1H3. The van der Waals surface area contributed by atoms with Crippen LogP contribution < -0.4 is 11.3 Å².